The third-order valence-electron chi connectivity index (χ3n) is 9.51. The van der Waals surface area contributed by atoms with Crippen LogP contribution in [0.4, 0.5) is 17.1 Å². The molecule has 5 aromatic rings. The molecule has 0 heterocycles. The van der Waals surface area contributed by atoms with Gasteiger partial charge in [0.05, 0.1) is 0 Å². The summed E-state index contributed by atoms with van der Waals surface area (Å²) in [7, 11) is 0. The molecule has 0 atom stereocenters. The fourth-order valence-corrected chi connectivity index (χ4v) is 8.03. The summed E-state index contributed by atoms with van der Waals surface area (Å²) >= 11 is 0. The van der Waals surface area contributed by atoms with Gasteiger partial charge in [-0.3, -0.25) is 0 Å². The lowest BCUT2D eigenvalue weighted by Crippen LogP contribution is -2.68. The molecule has 0 aliphatic carbocycles. The van der Waals surface area contributed by atoms with Gasteiger partial charge >= 0.3 is 14.0 Å². The van der Waals surface area contributed by atoms with E-state index in [1.54, 1.807) is 0 Å². The predicted octanol–water partition coefficient (Wildman–Crippen LogP) is 9.21. The van der Waals surface area contributed by atoms with Crippen LogP contribution in [0.5, 0.6) is 0 Å². The summed E-state index contributed by atoms with van der Waals surface area (Å²) in [6.45, 7) is 26.5. The number of nitrogens with zero attached hydrogens (tertiary/aromatic N) is 1. The van der Waals surface area contributed by atoms with Gasteiger partial charge in [0, 0.05) is 17.1 Å². The highest BCUT2D eigenvalue weighted by Gasteiger charge is 2.41. The van der Waals surface area contributed by atoms with Gasteiger partial charge in [-0.1, -0.05) is 111 Å². The van der Waals surface area contributed by atoms with Gasteiger partial charge in [-0.05, 0) is 128 Å². The summed E-state index contributed by atoms with van der Waals surface area (Å²) in [5, 5.41) is 8.27. The molecule has 0 unspecified atom stereocenters. The minimum atomic E-state index is -0.197. The maximum Gasteiger partial charge on any atom is 0.398 e. The molecule has 240 valence electrons. The van der Waals surface area contributed by atoms with E-state index in [0.717, 1.165) is 5.69 Å². The first-order valence-electron chi connectivity index (χ1n) is 16.9. The molecule has 5 heteroatoms. The van der Waals surface area contributed by atoms with Crippen LogP contribution in [0, 0.1) is 83.1 Å². The fraction of sp³-hybridized carbons (Fsp3) is 0.286. The lowest BCUT2D eigenvalue weighted by Gasteiger charge is -2.42. The van der Waals surface area contributed by atoms with Crippen molar-refractivity contribution in [1.29, 1.82) is 0 Å². The maximum atomic E-state index is 4.20. The van der Waals surface area contributed by atoms with Gasteiger partial charge in [-0.25, -0.2) is 0 Å². The monoisotopic (exact) mass is 619 g/mol. The Bertz CT molecular complexity index is 1840. The Morgan fingerprint density at radius 2 is 0.745 bits per heavy atom. The summed E-state index contributed by atoms with van der Waals surface area (Å²) in [6.07, 6.45) is 0. The second-order valence-electron chi connectivity index (χ2n) is 14.0. The SMILES string of the molecule is Cc1cc(C)c(NB(c2c(C)cc(C)cc2C)N(B(Nc2ccccc2)c2c(C)cc(C)cc2C)c2c(C)cc(C)cc2C)c(C)c1. The number of hydrogen-bond acceptors (Lipinski definition) is 3. The Balaban J connectivity index is 1.92. The Morgan fingerprint density at radius 1 is 0.404 bits per heavy atom. The molecule has 0 aliphatic heterocycles. The molecule has 47 heavy (non-hydrogen) atoms. The van der Waals surface area contributed by atoms with Gasteiger partial charge in [0.2, 0.25) is 0 Å². The van der Waals surface area contributed by atoms with Crippen molar-refractivity contribution >= 4 is 42.0 Å². The molecule has 3 nitrogen and oxygen atoms in total. The number of rotatable bonds is 9. The fourth-order valence-electron chi connectivity index (χ4n) is 8.03. The average Bonchev–Trinajstić information content (AvgIpc) is 2.95. The Kier molecular flexibility index (Phi) is 9.96. The summed E-state index contributed by atoms with van der Waals surface area (Å²) in [5.41, 5.74) is 21.4. The van der Waals surface area contributed by atoms with Crippen LogP contribution in [0.25, 0.3) is 0 Å². The second kappa shape index (κ2) is 13.8. The van der Waals surface area contributed by atoms with E-state index in [1.807, 2.05) is 0 Å². The highest BCUT2D eigenvalue weighted by molar-refractivity contribution is 6.98. The molecule has 0 bridgehead atoms. The number of anilines is 3. The first-order valence-corrected chi connectivity index (χ1v) is 16.9. The minimum Gasteiger partial charge on any atom is -0.415 e. The first kappa shape index (κ1) is 34.0. The summed E-state index contributed by atoms with van der Waals surface area (Å²) in [6, 6.07) is 29.2. The summed E-state index contributed by atoms with van der Waals surface area (Å²) in [5.74, 6) is 0. The van der Waals surface area contributed by atoms with Crippen molar-refractivity contribution in [2.75, 3.05) is 15.2 Å². The zero-order valence-corrected chi connectivity index (χ0v) is 30.6. The zero-order valence-electron chi connectivity index (χ0n) is 30.6. The standard InChI is InChI=1S/C42H51B2N3/c1-26-18-30(5)39(31(6)19-26)43(45-38-16-14-13-15-17-38)47(42-36(11)24-29(4)25-37(42)12)44(40-32(7)20-27(2)21-33(40)8)46-41-34(9)22-28(3)23-35(41)10/h13-25,45-46H,1-12H3. The van der Waals surface area contributed by atoms with Crippen LogP contribution in [-0.4, -0.2) is 14.0 Å². The van der Waals surface area contributed by atoms with Gasteiger partial charge in [0.15, 0.2) is 0 Å². The van der Waals surface area contributed by atoms with Crippen LogP contribution >= 0.6 is 0 Å². The Morgan fingerprint density at radius 3 is 1.15 bits per heavy atom. The van der Waals surface area contributed by atoms with Gasteiger partial charge in [-0.15, -0.1) is 0 Å². The number of aryl methyl sites for hydroxylation is 12. The molecule has 0 aliphatic rings. The van der Waals surface area contributed by atoms with Crippen LogP contribution in [0.1, 0.15) is 66.8 Å². The van der Waals surface area contributed by atoms with Crippen LogP contribution in [0.2, 0.25) is 0 Å². The van der Waals surface area contributed by atoms with Crippen molar-refractivity contribution in [2.45, 2.75) is 83.1 Å². The zero-order chi connectivity index (χ0) is 34.2. The van der Waals surface area contributed by atoms with E-state index in [4.69, 9.17) is 0 Å². The second-order valence-corrected chi connectivity index (χ2v) is 14.0. The van der Waals surface area contributed by atoms with Crippen molar-refractivity contribution in [3.05, 3.63) is 146 Å². The third kappa shape index (κ3) is 7.15. The van der Waals surface area contributed by atoms with Crippen LogP contribution < -0.4 is 26.1 Å². The molecular formula is C42H51B2N3. The van der Waals surface area contributed by atoms with Crippen molar-refractivity contribution in [3.8, 4) is 0 Å². The molecule has 5 aromatic carbocycles. The van der Waals surface area contributed by atoms with Gasteiger partial charge in [0.1, 0.15) is 0 Å². The van der Waals surface area contributed by atoms with E-state index < -0.39 is 0 Å². The molecule has 0 saturated carbocycles. The molecular weight excluding hydrogens is 568 g/mol. The highest BCUT2D eigenvalue weighted by atomic mass is 15.2. The predicted molar refractivity (Wildman–Crippen MR) is 210 cm³/mol. The highest BCUT2D eigenvalue weighted by Crippen LogP contribution is 2.32. The molecule has 0 saturated heterocycles. The summed E-state index contributed by atoms with van der Waals surface area (Å²) < 4.78 is 2.64. The largest absolute Gasteiger partial charge is 0.415 e. The van der Waals surface area contributed by atoms with Crippen LogP contribution in [0.3, 0.4) is 0 Å². The molecule has 0 spiro atoms. The molecule has 0 fully saturated rings. The van der Waals surface area contributed by atoms with E-state index in [2.05, 4.69) is 177 Å². The topological polar surface area (TPSA) is 27.3 Å². The molecule has 0 radical (unpaired) electrons. The number of benzene rings is 5. The van der Waals surface area contributed by atoms with Crippen LogP contribution in [0.15, 0.2) is 78.9 Å². The molecule has 2 N–H and O–H groups in total. The molecule has 0 aromatic heterocycles. The van der Waals surface area contributed by atoms with E-state index >= 15 is 0 Å². The summed E-state index contributed by atoms with van der Waals surface area (Å²) in [4.78, 5) is 0. The Labute approximate surface area is 285 Å². The Hall–Kier alpha value is -4.37. The lowest BCUT2D eigenvalue weighted by atomic mass is 9.49. The van der Waals surface area contributed by atoms with Crippen molar-refractivity contribution in [1.82, 2.24) is 0 Å². The maximum absolute atomic E-state index is 4.20. The molecule has 5 rings (SSSR count). The first-order chi connectivity index (χ1) is 22.2. The lowest BCUT2D eigenvalue weighted by molar-refractivity contribution is 1.26. The van der Waals surface area contributed by atoms with Crippen molar-refractivity contribution in [3.63, 3.8) is 0 Å². The number of hydrogen-bond donors (Lipinski definition) is 2. The number of nitrogens with one attached hydrogen (secondary N) is 2. The van der Waals surface area contributed by atoms with Gasteiger partial charge in [-0.2, -0.15) is 0 Å². The third-order valence-corrected chi connectivity index (χ3v) is 9.51. The van der Waals surface area contributed by atoms with Crippen LogP contribution in [-0.2, 0) is 0 Å². The van der Waals surface area contributed by atoms with Gasteiger partial charge in [0.25, 0.3) is 0 Å². The van der Waals surface area contributed by atoms with Crippen molar-refractivity contribution in [2.24, 2.45) is 0 Å². The average molecular weight is 620 g/mol. The quantitative estimate of drug-likeness (QED) is 0.161. The van der Waals surface area contributed by atoms with E-state index in [-0.39, 0.29) is 14.0 Å². The minimum absolute atomic E-state index is 0.193. The van der Waals surface area contributed by atoms with E-state index in [9.17, 15) is 0 Å². The van der Waals surface area contributed by atoms with Gasteiger partial charge < -0.3 is 15.2 Å². The number of para-hydroxylation sites is 1. The van der Waals surface area contributed by atoms with E-state index in [0.29, 0.717) is 0 Å². The van der Waals surface area contributed by atoms with Crippen molar-refractivity contribution < 1.29 is 0 Å². The smallest absolute Gasteiger partial charge is 0.398 e. The van der Waals surface area contributed by atoms with E-state index in [1.165, 1.54) is 89.1 Å². The molecule has 0 amide bonds. The normalized spacial score (nSPS) is 11.0.